The van der Waals surface area contributed by atoms with Crippen LogP contribution in [0.3, 0.4) is 0 Å². The van der Waals surface area contributed by atoms with Crippen LogP contribution >= 0.6 is 0 Å². The molecule has 1 saturated carbocycles. The van der Waals surface area contributed by atoms with Gasteiger partial charge in [-0.2, -0.15) is 0 Å². The minimum atomic E-state index is 0.593. The number of hydrogen-bond donors (Lipinski definition) is 1. The Morgan fingerprint density at radius 1 is 1.29 bits per heavy atom. The summed E-state index contributed by atoms with van der Waals surface area (Å²) in [5, 5.41) is 3.47. The third-order valence-corrected chi connectivity index (χ3v) is 3.99. The molecule has 17 heavy (non-hydrogen) atoms. The van der Waals surface area contributed by atoms with Crippen molar-refractivity contribution in [2.24, 2.45) is 11.8 Å². The molecule has 0 bridgehead atoms. The van der Waals surface area contributed by atoms with Crippen molar-refractivity contribution in [3.63, 3.8) is 0 Å². The molecule has 0 heterocycles. The van der Waals surface area contributed by atoms with E-state index in [9.17, 15) is 0 Å². The number of hydrogen-bond acceptors (Lipinski definition) is 2. The van der Waals surface area contributed by atoms with Crippen LogP contribution in [0.15, 0.2) is 24.3 Å². The molecule has 2 atom stereocenters. The summed E-state index contributed by atoms with van der Waals surface area (Å²) in [6, 6.07) is 9.02. The molecule has 0 aromatic heterocycles. The van der Waals surface area contributed by atoms with E-state index < -0.39 is 0 Å². The van der Waals surface area contributed by atoms with E-state index in [1.54, 1.807) is 7.11 Å². The second-order valence-corrected chi connectivity index (χ2v) is 5.14. The molecule has 0 saturated heterocycles. The van der Waals surface area contributed by atoms with Crippen LogP contribution in [0.4, 0.5) is 0 Å². The smallest absolute Gasteiger partial charge is 0.118 e. The number of ether oxygens (including phenoxy) is 1. The fraction of sp³-hybridized carbons (Fsp3) is 0.600. The molecule has 2 rings (SSSR count). The summed E-state index contributed by atoms with van der Waals surface area (Å²) in [6.07, 6.45) is 3.95. The third-order valence-electron chi connectivity index (χ3n) is 3.99. The van der Waals surface area contributed by atoms with Crippen molar-refractivity contribution in [2.75, 3.05) is 14.2 Å². The summed E-state index contributed by atoms with van der Waals surface area (Å²) in [7, 11) is 3.79. The van der Waals surface area contributed by atoms with Gasteiger partial charge in [-0.15, -0.1) is 0 Å². The highest BCUT2D eigenvalue weighted by Gasteiger charge is 2.32. The normalized spacial score (nSPS) is 18.8. The van der Waals surface area contributed by atoms with Gasteiger partial charge in [0.1, 0.15) is 5.75 Å². The Balaban J connectivity index is 1.96. The average Bonchev–Trinajstić information content (AvgIpc) is 3.20. The van der Waals surface area contributed by atoms with Crippen LogP contribution in [0, 0.1) is 11.8 Å². The van der Waals surface area contributed by atoms with E-state index in [1.165, 1.54) is 18.4 Å². The molecule has 1 aliphatic rings. The van der Waals surface area contributed by atoms with Gasteiger partial charge in [-0.25, -0.2) is 0 Å². The van der Waals surface area contributed by atoms with Gasteiger partial charge < -0.3 is 10.1 Å². The molecule has 2 heteroatoms. The first-order valence-electron chi connectivity index (χ1n) is 6.54. The number of benzene rings is 1. The Morgan fingerprint density at radius 2 is 1.94 bits per heavy atom. The zero-order chi connectivity index (χ0) is 12.3. The molecule has 1 fully saturated rings. The second kappa shape index (κ2) is 5.54. The standard InChI is InChI=1S/C15H23NO/c1-11(13-6-7-13)15(16-2)10-12-4-8-14(17-3)9-5-12/h4-5,8-9,11,13,15-16H,6-7,10H2,1-3H3. The maximum atomic E-state index is 5.18. The lowest BCUT2D eigenvalue weighted by molar-refractivity contribution is 0.357. The van der Waals surface area contributed by atoms with Crippen molar-refractivity contribution < 1.29 is 4.74 Å². The summed E-state index contributed by atoms with van der Waals surface area (Å²) in [5.41, 5.74) is 1.39. The van der Waals surface area contributed by atoms with Crippen LogP contribution in [-0.4, -0.2) is 20.2 Å². The molecular weight excluding hydrogens is 210 g/mol. The summed E-state index contributed by atoms with van der Waals surface area (Å²) >= 11 is 0. The molecule has 2 unspecified atom stereocenters. The van der Waals surface area contributed by atoms with E-state index >= 15 is 0 Å². The minimum absolute atomic E-state index is 0.593. The predicted molar refractivity (Wildman–Crippen MR) is 71.4 cm³/mol. The molecule has 0 amide bonds. The molecular formula is C15H23NO. The van der Waals surface area contributed by atoms with Gasteiger partial charge in [0.2, 0.25) is 0 Å². The van der Waals surface area contributed by atoms with Crippen LogP contribution < -0.4 is 10.1 Å². The molecule has 1 N–H and O–H groups in total. The second-order valence-electron chi connectivity index (χ2n) is 5.14. The summed E-state index contributed by atoms with van der Waals surface area (Å²) < 4.78 is 5.18. The molecule has 1 aromatic rings. The highest BCUT2D eigenvalue weighted by Crippen LogP contribution is 2.38. The molecule has 0 spiro atoms. The predicted octanol–water partition coefficient (Wildman–Crippen LogP) is 2.87. The van der Waals surface area contributed by atoms with Crippen molar-refractivity contribution in [1.29, 1.82) is 0 Å². The van der Waals surface area contributed by atoms with Crippen molar-refractivity contribution in [3.8, 4) is 5.75 Å². The van der Waals surface area contributed by atoms with Gasteiger partial charge in [0.05, 0.1) is 7.11 Å². The SMILES string of the molecule is CNC(Cc1ccc(OC)cc1)C(C)C1CC1. The average molecular weight is 233 g/mol. The van der Waals surface area contributed by atoms with Gasteiger partial charge >= 0.3 is 0 Å². The van der Waals surface area contributed by atoms with Crippen LogP contribution in [0.5, 0.6) is 5.75 Å². The van der Waals surface area contributed by atoms with Crippen LogP contribution in [-0.2, 0) is 6.42 Å². The topological polar surface area (TPSA) is 21.3 Å². The van der Waals surface area contributed by atoms with Crippen molar-refractivity contribution in [1.82, 2.24) is 5.32 Å². The molecule has 94 valence electrons. The molecule has 1 aliphatic carbocycles. The summed E-state index contributed by atoms with van der Waals surface area (Å²) in [5.74, 6) is 2.66. The van der Waals surface area contributed by atoms with Crippen molar-refractivity contribution in [2.45, 2.75) is 32.2 Å². The third kappa shape index (κ3) is 3.22. The van der Waals surface area contributed by atoms with Gasteiger partial charge in [0, 0.05) is 6.04 Å². The van der Waals surface area contributed by atoms with Crippen molar-refractivity contribution in [3.05, 3.63) is 29.8 Å². The Labute approximate surface area is 104 Å². The van der Waals surface area contributed by atoms with E-state index in [-0.39, 0.29) is 0 Å². The molecule has 1 aromatic carbocycles. The zero-order valence-electron chi connectivity index (χ0n) is 11.1. The Kier molecular flexibility index (Phi) is 4.06. The minimum Gasteiger partial charge on any atom is -0.497 e. The Hall–Kier alpha value is -1.02. The van der Waals surface area contributed by atoms with E-state index in [2.05, 4.69) is 31.4 Å². The van der Waals surface area contributed by atoms with Crippen LogP contribution in [0.25, 0.3) is 0 Å². The highest BCUT2D eigenvalue weighted by atomic mass is 16.5. The van der Waals surface area contributed by atoms with Gasteiger partial charge in [-0.3, -0.25) is 0 Å². The Bertz CT molecular complexity index is 342. The van der Waals surface area contributed by atoms with Crippen molar-refractivity contribution >= 4 is 0 Å². The summed E-state index contributed by atoms with van der Waals surface area (Å²) in [4.78, 5) is 0. The number of nitrogens with one attached hydrogen (secondary N) is 1. The van der Waals surface area contributed by atoms with Gasteiger partial charge in [0.15, 0.2) is 0 Å². The maximum absolute atomic E-state index is 5.18. The van der Waals surface area contributed by atoms with Gasteiger partial charge in [0.25, 0.3) is 0 Å². The lowest BCUT2D eigenvalue weighted by atomic mass is 9.91. The highest BCUT2D eigenvalue weighted by molar-refractivity contribution is 5.27. The van der Waals surface area contributed by atoms with Gasteiger partial charge in [-0.05, 0) is 55.8 Å². The van der Waals surface area contributed by atoms with Gasteiger partial charge in [-0.1, -0.05) is 19.1 Å². The fourth-order valence-corrected chi connectivity index (χ4v) is 2.52. The summed E-state index contributed by atoms with van der Waals surface area (Å²) in [6.45, 7) is 2.38. The van der Waals surface area contributed by atoms with Crippen LogP contribution in [0.2, 0.25) is 0 Å². The maximum Gasteiger partial charge on any atom is 0.118 e. The quantitative estimate of drug-likeness (QED) is 0.815. The molecule has 0 radical (unpaired) electrons. The van der Waals surface area contributed by atoms with E-state index in [0.717, 1.165) is 24.0 Å². The van der Waals surface area contributed by atoms with E-state index in [4.69, 9.17) is 4.74 Å². The Morgan fingerprint density at radius 3 is 2.41 bits per heavy atom. The first kappa shape index (κ1) is 12.4. The molecule has 2 nitrogen and oxygen atoms in total. The first-order valence-corrected chi connectivity index (χ1v) is 6.54. The monoisotopic (exact) mass is 233 g/mol. The van der Waals surface area contributed by atoms with E-state index in [0.29, 0.717) is 6.04 Å². The molecule has 0 aliphatic heterocycles. The number of rotatable bonds is 6. The lowest BCUT2D eigenvalue weighted by Gasteiger charge is -2.23. The van der Waals surface area contributed by atoms with E-state index in [1.807, 2.05) is 12.1 Å². The largest absolute Gasteiger partial charge is 0.497 e. The lowest BCUT2D eigenvalue weighted by Crippen LogP contribution is -2.35. The van der Waals surface area contributed by atoms with Crippen LogP contribution in [0.1, 0.15) is 25.3 Å². The number of methoxy groups -OCH3 is 1. The number of likely N-dealkylation sites (N-methyl/N-ethyl adjacent to an activating group) is 1. The fourth-order valence-electron chi connectivity index (χ4n) is 2.52. The first-order chi connectivity index (χ1) is 8.24. The zero-order valence-corrected chi connectivity index (χ0v) is 11.1.